The van der Waals surface area contributed by atoms with Crippen LogP contribution in [0.2, 0.25) is 0 Å². The number of carbonyl (C=O) groups is 1. The average Bonchev–Trinajstić information content (AvgIpc) is 2.98. The molecule has 0 amide bonds. The lowest BCUT2D eigenvalue weighted by Gasteiger charge is -2.63. The van der Waals surface area contributed by atoms with E-state index in [1.807, 2.05) is 13.0 Å². The Morgan fingerprint density at radius 1 is 1.15 bits per heavy atom. The molecule has 184 valence electrons. The van der Waals surface area contributed by atoms with Crippen LogP contribution in [0.1, 0.15) is 98.8 Å². The summed E-state index contributed by atoms with van der Waals surface area (Å²) in [5, 5.41) is 10.4. The number of aliphatic hydroxyl groups excluding tert-OH is 1. The van der Waals surface area contributed by atoms with E-state index in [-0.39, 0.29) is 23.4 Å². The zero-order valence-electron chi connectivity index (χ0n) is 21.7. The topological polar surface area (TPSA) is 46.5 Å². The van der Waals surface area contributed by atoms with Crippen LogP contribution >= 0.6 is 0 Å². The Morgan fingerprint density at radius 2 is 1.91 bits per heavy atom. The minimum absolute atomic E-state index is 0.0231. The number of carbonyl (C=O) groups excluding carboxylic acids is 1. The lowest BCUT2D eigenvalue weighted by molar-refractivity contribution is -0.191. The number of ether oxygens (including phenoxy) is 1. The molecule has 4 saturated carbocycles. The summed E-state index contributed by atoms with van der Waals surface area (Å²) in [4.78, 5) is 14.0. The van der Waals surface area contributed by atoms with E-state index in [1.165, 1.54) is 44.1 Å². The Hall–Kier alpha value is -1.09. The molecule has 33 heavy (non-hydrogen) atoms. The van der Waals surface area contributed by atoms with Gasteiger partial charge >= 0.3 is 5.97 Å². The Labute approximate surface area is 201 Å². The van der Waals surface area contributed by atoms with Gasteiger partial charge in [0.2, 0.25) is 0 Å². The molecule has 0 aromatic carbocycles. The van der Waals surface area contributed by atoms with Crippen molar-refractivity contribution in [2.75, 3.05) is 0 Å². The Balaban J connectivity index is 1.41. The van der Waals surface area contributed by atoms with Gasteiger partial charge in [0.1, 0.15) is 6.10 Å². The van der Waals surface area contributed by atoms with Crippen molar-refractivity contribution in [2.24, 2.45) is 45.8 Å². The molecule has 1 N–H and O–H groups in total. The van der Waals surface area contributed by atoms with Crippen LogP contribution in [0.15, 0.2) is 23.8 Å². The van der Waals surface area contributed by atoms with Crippen molar-refractivity contribution in [3.63, 3.8) is 0 Å². The van der Waals surface area contributed by atoms with Gasteiger partial charge < -0.3 is 9.84 Å². The highest BCUT2D eigenvalue weighted by molar-refractivity contribution is 5.77. The Bertz CT molecular complexity index is 857. The molecule has 5 aliphatic carbocycles. The maximum atomic E-state index is 14.0. The fourth-order valence-corrected chi connectivity index (χ4v) is 9.70. The van der Waals surface area contributed by atoms with Gasteiger partial charge in [-0.2, -0.15) is 0 Å². The molecule has 9 atom stereocenters. The van der Waals surface area contributed by atoms with E-state index < -0.39 is 11.5 Å². The predicted octanol–water partition coefficient (Wildman–Crippen LogP) is 6.85. The maximum Gasteiger partial charge on any atom is 0.312 e. The first-order valence-corrected chi connectivity index (χ1v) is 13.8. The van der Waals surface area contributed by atoms with Crippen molar-refractivity contribution in [3.05, 3.63) is 23.8 Å². The second-order valence-corrected chi connectivity index (χ2v) is 13.5. The maximum absolute atomic E-state index is 14.0. The van der Waals surface area contributed by atoms with Gasteiger partial charge in [0.05, 0.1) is 11.5 Å². The first-order valence-electron chi connectivity index (χ1n) is 13.8. The zero-order chi connectivity index (χ0) is 23.8. The van der Waals surface area contributed by atoms with Gasteiger partial charge in [0, 0.05) is 5.92 Å². The second kappa shape index (κ2) is 7.97. The molecule has 1 spiro atoms. The minimum atomic E-state index is -0.410. The van der Waals surface area contributed by atoms with Gasteiger partial charge in [0.15, 0.2) is 0 Å². The predicted molar refractivity (Wildman–Crippen MR) is 132 cm³/mol. The van der Waals surface area contributed by atoms with Crippen LogP contribution in [-0.4, -0.2) is 23.3 Å². The standard InChI is InChI=1S/C30H46O3/c1-18(2)22-15-23(31)19(3)14-24(22)33-27(32)29(6)12-7-11-28(5)25(29)10-13-30-16-20(4)21(17-30)8-9-26(28)30/h14,18,21-26,31H,4,7-13,15-17H2,1-3,5-6H3/t21?,22-,23+,24+,25+,26+,28-,29-,30-/m1/s1. The molecule has 4 fully saturated rings. The molecule has 0 saturated heterocycles. The fourth-order valence-electron chi connectivity index (χ4n) is 9.70. The van der Waals surface area contributed by atoms with E-state index >= 15 is 0 Å². The molecule has 0 radical (unpaired) electrons. The first kappa shape index (κ1) is 23.6. The SMILES string of the molecule is C=C1C[C@@]23CC[C@H]4[C@@](C)(CCC[C@@]4(C)C(=O)O[C@H]4C=C(C)[C@@H](O)C[C@@H]4C(C)C)[C@@H]2CCC1C3. The molecule has 3 nitrogen and oxygen atoms in total. The normalized spacial score (nSPS) is 49.3. The van der Waals surface area contributed by atoms with Crippen LogP contribution in [-0.2, 0) is 9.53 Å². The molecular weight excluding hydrogens is 408 g/mol. The van der Waals surface area contributed by atoms with Gasteiger partial charge in [-0.05, 0) is 118 Å². The largest absolute Gasteiger partial charge is 0.457 e. The molecule has 0 aromatic heterocycles. The Kier molecular flexibility index (Phi) is 5.71. The van der Waals surface area contributed by atoms with Crippen LogP contribution in [0.3, 0.4) is 0 Å². The average molecular weight is 455 g/mol. The minimum Gasteiger partial charge on any atom is -0.457 e. The summed E-state index contributed by atoms with van der Waals surface area (Å²) in [6.07, 6.45) is 13.1. The van der Waals surface area contributed by atoms with E-state index in [0.29, 0.717) is 23.7 Å². The summed E-state index contributed by atoms with van der Waals surface area (Å²) in [5.74, 6) is 2.46. The van der Waals surface area contributed by atoms with Gasteiger partial charge in [-0.25, -0.2) is 0 Å². The van der Waals surface area contributed by atoms with Gasteiger partial charge in [0.25, 0.3) is 0 Å². The van der Waals surface area contributed by atoms with Crippen molar-refractivity contribution in [1.29, 1.82) is 0 Å². The number of hydrogen-bond donors (Lipinski definition) is 1. The van der Waals surface area contributed by atoms with E-state index in [2.05, 4.69) is 34.3 Å². The van der Waals surface area contributed by atoms with Crippen LogP contribution in [0.4, 0.5) is 0 Å². The van der Waals surface area contributed by atoms with E-state index in [0.717, 1.165) is 36.7 Å². The molecule has 5 rings (SSSR count). The molecule has 1 unspecified atom stereocenters. The number of esters is 1. The van der Waals surface area contributed by atoms with E-state index in [4.69, 9.17) is 4.74 Å². The lowest BCUT2D eigenvalue weighted by Crippen LogP contribution is -2.58. The highest BCUT2D eigenvalue weighted by Crippen LogP contribution is 2.72. The zero-order valence-corrected chi connectivity index (χ0v) is 21.7. The smallest absolute Gasteiger partial charge is 0.312 e. The number of fused-ring (bicyclic) bond motifs is 3. The number of aliphatic hydroxyl groups is 1. The highest BCUT2D eigenvalue weighted by atomic mass is 16.5. The number of rotatable bonds is 3. The van der Waals surface area contributed by atoms with Gasteiger partial charge in [-0.3, -0.25) is 4.79 Å². The Morgan fingerprint density at radius 3 is 2.64 bits per heavy atom. The van der Waals surface area contributed by atoms with Crippen molar-refractivity contribution >= 4 is 5.97 Å². The van der Waals surface area contributed by atoms with Crippen LogP contribution in [0, 0.1) is 45.8 Å². The van der Waals surface area contributed by atoms with Gasteiger partial charge in [-0.1, -0.05) is 39.3 Å². The van der Waals surface area contributed by atoms with Crippen LogP contribution in [0.5, 0.6) is 0 Å². The third-order valence-corrected chi connectivity index (χ3v) is 11.5. The van der Waals surface area contributed by atoms with Crippen molar-refractivity contribution in [1.82, 2.24) is 0 Å². The molecule has 0 heterocycles. The number of allylic oxidation sites excluding steroid dienone is 1. The van der Waals surface area contributed by atoms with Crippen molar-refractivity contribution < 1.29 is 14.6 Å². The fraction of sp³-hybridized carbons (Fsp3) is 0.833. The second-order valence-electron chi connectivity index (χ2n) is 13.5. The van der Waals surface area contributed by atoms with Crippen LogP contribution < -0.4 is 0 Å². The van der Waals surface area contributed by atoms with Crippen LogP contribution in [0.25, 0.3) is 0 Å². The molecule has 5 aliphatic rings. The summed E-state index contributed by atoms with van der Waals surface area (Å²) in [5.41, 5.74) is 2.74. The molecule has 0 aromatic rings. The lowest BCUT2D eigenvalue weighted by atomic mass is 9.41. The molecule has 0 aliphatic heterocycles. The molecule has 3 heteroatoms. The van der Waals surface area contributed by atoms with Crippen molar-refractivity contribution in [3.8, 4) is 0 Å². The molecular formula is C30H46O3. The number of hydrogen-bond acceptors (Lipinski definition) is 3. The van der Waals surface area contributed by atoms with E-state index in [9.17, 15) is 9.90 Å². The van der Waals surface area contributed by atoms with E-state index in [1.54, 1.807) is 0 Å². The summed E-state index contributed by atoms with van der Waals surface area (Å²) >= 11 is 0. The van der Waals surface area contributed by atoms with Crippen molar-refractivity contribution in [2.45, 2.75) is 111 Å². The summed E-state index contributed by atoms with van der Waals surface area (Å²) in [7, 11) is 0. The summed E-state index contributed by atoms with van der Waals surface area (Å²) in [6.45, 7) is 15.6. The monoisotopic (exact) mass is 454 g/mol. The van der Waals surface area contributed by atoms with Gasteiger partial charge in [-0.15, -0.1) is 0 Å². The summed E-state index contributed by atoms with van der Waals surface area (Å²) in [6, 6.07) is 0. The third-order valence-electron chi connectivity index (χ3n) is 11.5. The third kappa shape index (κ3) is 3.50. The highest BCUT2D eigenvalue weighted by Gasteiger charge is 2.65. The molecule has 2 bridgehead atoms. The first-order chi connectivity index (χ1) is 15.5. The quantitative estimate of drug-likeness (QED) is 0.375. The summed E-state index contributed by atoms with van der Waals surface area (Å²) < 4.78 is 6.39.